The van der Waals surface area contributed by atoms with Gasteiger partial charge in [0.05, 0.1) is 27.3 Å². The van der Waals surface area contributed by atoms with E-state index in [1.54, 1.807) is 41.8 Å². The predicted molar refractivity (Wildman–Crippen MR) is 138 cm³/mol. The van der Waals surface area contributed by atoms with Crippen LogP contribution in [0.4, 0.5) is 5.13 Å². The summed E-state index contributed by atoms with van der Waals surface area (Å²) in [4.78, 5) is 36.9. The Labute approximate surface area is 213 Å². The van der Waals surface area contributed by atoms with E-state index < -0.39 is 18.5 Å². The molecule has 2 aromatic heterocycles. The lowest BCUT2D eigenvalue weighted by Crippen LogP contribution is -2.20. The van der Waals surface area contributed by atoms with Gasteiger partial charge in [-0.25, -0.2) is 14.8 Å². The fourth-order valence-corrected chi connectivity index (χ4v) is 4.62. The summed E-state index contributed by atoms with van der Waals surface area (Å²) in [6.07, 6.45) is 0. The molecule has 0 radical (unpaired) electrons. The highest BCUT2D eigenvalue weighted by atomic mass is 35.5. The summed E-state index contributed by atoms with van der Waals surface area (Å²) < 4.78 is 5.18. The number of carbonyl (C=O) groups is 2. The average molecular weight is 523 g/mol. The van der Waals surface area contributed by atoms with Crippen LogP contribution in [0.5, 0.6) is 0 Å². The van der Waals surface area contributed by atoms with E-state index in [0.717, 1.165) is 11.1 Å². The standard InChI is InChI=1S/C25H16Cl2N4O3S/c26-16-7-8-17(18(27)11-16)21-13-35-25(30-21)31-22(32)12-34-24(33)15-6-9-19-20(10-15)29-23(28-19)14-4-2-1-3-5-14/h1-11,13H,12H2,(H,28,29)(H,30,31,32). The van der Waals surface area contributed by atoms with Crippen LogP contribution in [0, 0.1) is 0 Å². The third kappa shape index (κ3) is 5.19. The van der Waals surface area contributed by atoms with E-state index >= 15 is 0 Å². The molecule has 5 aromatic rings. The molecular weight excluding hydrogens is 507 g/mol. The summed E-state index contributed by atoms with van der Waals surface area (Å²) in [5.41, 5.74) is 3.96. The van der Waals surface area contributed by atoms with Gasteiger partial charge < -0.3 is 9.72 Å². The zero-order valence-electron chi connectivity index (χ0n) is 17.9. The van der Waals surface area contributed by atoms with E-state index in [0.29, 0.717) is 43.3 Å². The van der Waals surface area contributed by atoms with E-state index in [2.05, 4.69) is 20.3 Å². The number of hydrogen-bond donors (Lipinski definition) is 2. The number of imidazole rings is 1. The Morgan fingerprint density at radius 3 is 2.63 bits per heavy atom. The van der Waals surface area contributed by atoms with Gasteiger partial charge >= 0.3 is 5.97 Å². The summed E-state index contributed by atoms with van der Waals surface area (Å²) in [5, 5.41) is 5.73. The van der Waals surface area contributed by atoms with Crippen LogP contribution < -0.4 is 5.32 Å². The first-order chi connectivity index (χ1) is 17.0. The molecule has 0 spiro atoms. The summed E-state index contributed by atoms with van der Waals surface area (Å²) in [6, 6.07) is 19.8. The number of esters is 1. The maximum atomic E-state index is 12.5. The largest absolute Gasteiger partial charge is 0.452 e. The van der Waals surface area contributed by atoms with Gasteiger partial charge in [0.2, 0.25) is 0 Å². The van der Waals surface area contributed by atoms with Gasteiger partial charge in [0.15, 0.2) is 11.7 Å². The number of aromatic nitrogens is 3. The number of ether oxygens (including phenoxy) is 1. The second kappa shape index (κ2) is 9.87. The lowest BCUT2D eigenvalue weighted by Gasteiger charge is -2.05. The smallest absolute Gasteiger partial charge is 0.338 e. The summed E-state index contributed by atoms with van der Waals surface area (Å²) in [5.74, 6) is -0.422. The highest BCUT2D eigenvalue weighted by molar-refractivity contribution is 7.14. The van der Waals surface area contributed by atoms with Gasteiger partial charge in [-0.2, -0.15) is 0 Å². The van der Waals surface area contributed by atoms with E-state index in [-0.39, 0.29) is 0 Å². The maximum Gasteiger partial charge on any atom is 0.338 e. The van der Waals surface area contributed by atoms with Crippen molar-refractivity contribution in [2.45, 2.75) is 0 Å². The molecule has 3 aromatic carbocycles. The van der Waals surface area contributed by atoms with Crippen LogP contribution in [-0.2, 0) is 9.53 Å². The molecule has 2 N–H and O–H groups in total. The van der Waals surface area contributed by atoms with Crippen LogP contribution in [0.3, 0.4) is 0 Å². The Hall–Kier alpha value is -3.72. The van der Waals surface area contributed by atoms with Gasteiger partial charge in [-0.15, -0.1) is 11.3 Å². The minimum atomic E-state index is -0.620. The molecule has 0 aliphatic carbocycles. The molecular formula is C25H16Cl2N4O3S. The van der Waals surface area contributed by atoms with Gasteiger partial charge in [-0.1, -0.05) is 53.5 Å². The van der Waals surface area contributed by atoms with Crippen molar-refractivity contribution in [3.05, 3.63) is 87.7 Å². The Bertz CT molecular complexity index is 1550. The molecule has 0 unspecified atom stereocenters. The molecule has 0 aliphatic heterocycles. The number of benzene rings is 3. The quantitative estimate of drug-likeness (QED) is 0.249. The van der Waals surface area contributed by atoms with Crippen LogP contribution in [0.15, 0.2) is 72.1 Å². The summed E-state index contributed by atoms with van der Waals surface area (Å²) in [7, 11) is 0. The highest BCUT2D eigenvalue weighted by Gasteiger charge is 2.15. The number of hydrogen-bond acceptors (Lipinski definition) is 6. The Morgan fingerprint density at radius 1 is 1.00 bits per heavy atom. The molecule has 0 atom stereocenters. The molecule has 2 heterocycles. The fourth-order valence-electron chi connectivity index (χ4n) is 3.39. The number of anilines is 1. The van der Waals surface area contributed by atoms with Crippen molar-refractivity contribution < 1.29 is 14.3 Å². The number of aromatic amines is 1. The summed E-state index contributed by atoms with van der Waals surface area (Å²) >= 11 is 13.4. The molecule has 0 saturated carbocycles. The van der Waals surface area contributed by atoms with E-state index in [4.69, 9.17) is 27.9 Å². The Kier molecular flexibility index (Phi) is 6.50. The van der Waals surface area contributed by atoms with Crippen LogP contribution in [0.1, 0.15) is 10.4 Å². The number of amides is 1. The van der Waals surface area contributed by atoms with Crippen molar-refractivity contribution in [2.75, 3.05) is 11.9 Å². The van der Waals surface area contributed by atoms with Gasteiger partial charge in [0.1, 0.15) is 5.82 Å². The van der Waals surface area contributed by atoms with Crippen molar-refractivity contribution in [2.24, 2.45) is 0 Å². The number of carbonyl (C=O) groups excluding carboxylic acids is 2. The number of H-pyrrole nitrogens is 1. The molecule has 0 saturated heterocycles. The Morgan fingerprint density at radius 2 is 1.83 bits per heavy atom. The third-order valence-electron chi connectivity index (χ3n) is 5.06. The zero-order chi connectivity index (χ0) is 24.4. The van der Waals surface area contributed by atoms with Crippen molar-refractivity contribution in [3.63, 3.8) is 0 Å². The molecule has 174 valence electrons. The van der Waals surface area contributed by atoms with Crippen LogP contribution in [0.2, 0.25) is 10.0 Å². The average Bonchev–Trinajstić information content (AvgIpc) is 3.49. The minimum absolute atomic E-state index is 0.308. The second-order valence-electron chi connectivity index (χ2n) is 7.47. The van der Waals surface area contributed by atoms with Crippen molar-refractivity contribution in [3.8, 4) is 22.6 Å². The highest BCUT2D eigenvalue weighted by Crippen LogP contribution is 2.32. The monoisotopic (exact) mass is 522 g/mol. The summed E-state index contributed by atoms with van der Waals surface area (Å²) in [6.45, 7) is -0.453. The minimum Gasteiger partial charge on any atom is -0.452 e. The molecule has 35 heavy (non-hydrogen) atoms. The van der Waals surface area contributed by atoms with Crippen molar-refractivity contribution in [1.82, 2.24) is 15.0 Å². The second-order valence-corrected chi connectivity index (χ2v) is 9.17. The zero-order valence-corrected chi connectivity index (χ0v) is 20.2. The lowest BCUT2D eigenvalue weighted by molar-refractivity contribution is -0.119. The number of halogens is 2. The van der Waals surface area contributed by atoms with Crippen molar-refractivity contribution >= 4 is 62.6 Å². The first kappa shape index (κ1) is 23.0. The van der Waals surface area contributed by atoms with Crippen LogP contribution in [-0.4, -0.2) is 33.4 Å². The van der Waals surface area contributed by atoms with E-state index in [9.17, 15) is 9.59 Å². The molecule has 0 fully saturated rings. The van der Waals surface area contributed by atoms with Crippen LogP contribution >= 0.6 is 34.5 Å². The molecule has 5 rings (SSSR count). The number of nitrogens with zero attached hydrogens (tertiary/aromatic N) is 2. The number of fused-ring (bicyclic) bond motifs is 1. The topological polar surface area (TPSA) is 97.0 Å². The number of thiazole rings is 1. The molecule has 7 nitrogen and oxygen atoms in total. The molecule has 1 amide bonds. The first-order valence-electron chi connectivity index (χ1n) is 10.4. The molecule has 0 bridgehead atoms. The van der Waals surface area contributed by atoms with E-state index in [1.165, 1.54) is 11.3 Å². The maximum absolute atomic E-state index is 12.5. The lowest BCUT2D eigenvalue weighted by atomic mass is 10.2. The van der Waals surface area contributed by atoms with E-state index in [1.807, 2.05) is 30.3 Å². The number of rotatable bonds is 6. The first-order valence-corrected chi connectivity index (χ1v) is 12.0. The normalized spacial score (nSPS) is 10.9. The molecule has 0 aliphatic rings. The number of nitrogens with one attached hydrogen (secondary N) is 2. The van der Waals surface area contributed by atoms with Crippen molar-refractivity contribution in [1.29, 1.82) is 0 Å². The van der Waals surface area contributed by atoms with Gasteiger partial charge in [-0.3, -0.25) is 10.1 Å². The predicted octanol–water partition coefficient (Wildman–Crippen LogP) is 6.46. The van der Waals surface area contributed by atoms with Gasteiger partial charge in [-0.05, 0) is 36.4 Å². The third-order valence-corrected chi connectivity index (χ3v) is 6.36. The SMILES string of the molecule is O=C(COC(=O)c1ccc2nc(-c3ccccc3)[nH]c2c1)Nc1nc(-c2ccc(Cl)cc2Cl)cs1. The molecule has 10 heteroatoms. The van der Waals surface area contributed by atoms with Gasteiger partial charge in [0, 0.05) is 21.5 Å². The van der Waals surface area contributed by atoms with Gasteiger partial charge in [0.25, 0.3) is 5.91 Å². The fraction of sp³-hybridized carbons (Fsp3) is 0.0400. The Balaban J connectivity index is 1.21. The van der Waals surface area contributed by atoms with Crippen LogP contribution in [0.25, 0.3) is 33.7 Å².